The van der Waals surface area contributed by atoms with Gasteiger partial charge < -0.3 is 15.2 Å². The molecule has 3 heterocycles. The highest BCUT2D eigenvalue weighted by molar-refractivity contribution is 6.00. The molecule has 1 aliphatic rings. The van der Waals surface area contributed by atoms with Crippen molar-refractivity contribution in [3.8, 4) is 6.07 Å². The molecule has 2 unspecified atom stereocenters. The van der Waals surface area contributed by atoms with Crippen LogP contribution in [0.25, 0.3) is 5.52 Å². The maximum absolute atomic E-state index is 12.8. The summed E-state index contributed by atoms with van der Waals surface area (Å²) in [5, 5.41) is 19.3. The molecular formula is C22H24N6O2. The van der Waals surface area contributed by atoms with Gasteiger partial charge in [0.2, 0.25) is 0 Å². The van der Waals surface area contributed by atoms with E-state index in [1.165, 1.54) is 0 Å². The molecule has 0 aromatic carbocycles. The number of amides is 2. The summed E-state index contributed by atoms with van der Waals surface area (Å²) in [7, 11) is 1.75. The van der Waals surface area contributed by atoms with Crippen LogP contribution in [0, 0.1) is 22.7 Å². The summed E-state index contributed by atoms with van der Waals surface area (Å²) in [6.45, 7) is 4.73. The van der Waals surface area contributed by atoms with Crippen LogP contribution in [0.3, 0.4) is 0 Å². The Kier molecular flexibility index (Phi) is 4.82. The van der Waals surface area contributed by atoms with Gasteiger partial charge in [-0.25, -0.2) is 4.52 Å². The number of hydrogen-bond acceptors (Lipinski definition) is 4. The average molecular weight is 404 g/mol. The third-order valence-corrected chi connectivity index (χ3v) is 6.33. The fraction of sp³-hybridized carbons (Fsp3) is 0.364. The molecular weight excluding hydrogens is 380 g/mol. The fourth-order valence-electron chi connectivity index (χ4n) is 4.15. The third kappa shape index (κ3) is 3.32. The lowest BCUT2D eigenvalue weighted by molar-refractivity contribution is 0.0150. The summed E-state index contributed by atoms with van der Waals surface area (Å²) in [5.41, 5.74) is 2.14. The quantitative estimate of drug-likeness (QED) is 0.680. The fourth-order valence-corrected chi connectivity index (χ4v) is 4.15. The summed E-state index contributed by atoms with van der Waals surface area (Å²) in [4.78, 5) is 25.3. The first kappa shape index (κ1) is 19.7. The van der Waals surface area contributed by atoms with Crippen molar-refractivity contribution < 1.29 is 9.59 Å². The highest BCUT2D eigenvalue weighted by atomic mass is 16.2. The minimum Gasteiger partial charge on any atom is -0.350 e. The van der Waals surface area contributed by atoms with Gasteiger partial charge in [-0.05, 0) is 42.0 Å². The zero-order chi connectivity index (χ0) is 21.5. The Morgan fingerprint density at radius 3 is 2.83 bits per heavy atom. The maximum Gasteiger partial charge on any atom is 0.267 e. The molecule has 8 nitrogen and oxygen atoms in total. The Labute approximate surface area is 174 Å². The van der Waals surface area contributed by atoms with E-state index >= 15 is 0 Å². The lowest BCUT2D eigenvalue weighted by atomic mass is 9.58. The summed E-state index contributed by atoms with van der Waals surface area (Å²) < 4.78 is 3.33. The standard InChI is InChI=1S/C22H24N6O2/c1-22(2)15(12-24-21(30)18-9-14(11-23)13-27(18)3)10-19(22)26-20(29)16-5-4-8-28-17(16)6-7-25-28/h4-9,13,15,19H,10,12H2,1-3H3,(H,24,30)(H,26,29). The van der Waals surface area contributed by atoms with Crippen LogP contribution in [0.15, 0.2) is 42.9 Å². The number of carbonyl (C=O) groups excluding carboxylic acids is 2. The molecule has 2 atom stereocenters. The molecule has 0 spiro atoms. The van der Waals surface area contributed by atoms with Crippen LogP contribution >= 0.6 is 0 Å². The zero-order valence-electron chi connectivity index (χ0n) is 17.2. The normalized spacial score (nSPS) is 19.7. The first-order valence-corrected chi connectivity index (χ1v) is 9.89. The van der Waals surface area contributed by atoms with Crippen LogP contribution in [0.5, 0.6) is 0 Å². The highest BCUT2D eigenvalue weighted by Gasteiger charge is 2.48. The van der Waals surface area contributed by atoms with Crippen LogP contribution in [0.2, 0.25) is 0 Å². The molecule has 1 fully saturated rings. The van der Waals surface area contributed by atoms with Gasteiger partial charge >= 0.3 is 0 Å². The van der Waals surface area contributed by atoms with E-state index in [-0.39, 0.29) is 29.2 Å². The lowest BCUT2D eigenvalue weighted by Gasteiger charge is -2.52. The van der Waals surface area contributed by atoms with Crippen molar-refractivity contribution in [3.63, 3.8) is 0 Å². The second-order valence-corrected chi connectivity index (χ2v) is 8.41. The number of aryl methyl sites for hydroxylation is 1. The minimum atomic E-state index is -0.199. The van der Waals surface area contributed by atoms with E-state index in [1.807, 2.05) is 18.3 Å². The number of nitrogens with zero attached hydrogens (tertiary/aromatic N) is 4. The second-order valence-electron chi connectivity index (χ2n) is 8.41. The van der Waals surface area contributed by atoms with E-state index in [9.17, 15) is 9.59 Å². The number of aromatic nitrogens is 3. The van der Waals surface area contributed by atoms with Crippen molar-refractivity contribution in [2.24, 2.45) is 18.4 Å². The largest absolute Gasteiger partial charge is 0.350 e. The van der Waals surface area contributed by atoms with E-state index < -0.39 is 0 Å². The van der Waals surface area contributed by atoms with E-state index in [4.69, 9.17) is 5.26 Å². The van der Waals surface area contributed by atoms with Crippen molar-refractivity contribution in [2.45, 2.75) is 26.3 Å². The van der Waals surface area contributed by atoms with Crippen LogP contribution in [-0.2, 0) is 7.05 Å². The molecule has 4 rings (SSSR count). The molecule has 0 saturated heterocycles. The SMILES string of the molecule is Cn1cc(C#N)cc1C(=O)NCC1CC(NC(=O)c2cccn3nccc23)C1(C)C. The second kappa shape index (κ2) is 7.34. The zero-order valence-corrected chi connectivity index (χ0v) is 17.2. The van der Waals surface area contributed by atoms with Gasteiger partial charge in [-0.3, -0.25) is 9.59 Å². The number of nitriles is 1. The first-order chi connectivity index (χ1) is 14.3. The summed E-state index contributed by atoms with van der Waals surface area (Å²) in [6.07, 6.45) is 5.90. The van der Waals surface area contributed by atoms with E-state index in [2.05, 4.69) is 29.6 Å². The molecule has 2 N–H and O–H groups in total. The smallest absolute Gasteiger partial charge is 0.267 e. The van der Waals surface area contributed by atoms with Crippen molar-refractivity contribution in [1.29, 1.82) is 5.26 Å². The van der Waals surface area contributed by atoms with Gasteiger partial charge in [-0.1, -0.05) is 13.8 Å². The number of nitrogens with one attached hydrogen (secondary N) is 2. The summed E-state index contributed by atoms with van der Waals surface area (Å²) >= 11 is 0. The van der Waals surface area contributed by atoms with Gasteiger partial charge in [0.05, 0.1) is 22.8 Å². The van der Waals surface area contributed by atoms with Crippen molar-refractivity contribution in [1.82, 2.24) is 24.8 Å². The highest BCUT2D eigenvalue weighted by Crippen LogP contribution is 2.46. The molecule has 30 heavy (non-hydrogen) atoms. The lowest BCUT2D eigenvalue weighted by Crippen LogP contribution is -2.60. The molecule has 0 aliphatic heterocycles. The number of hydrogen-bond donors (Lipinski definition) is 2. The number of rotatable bonds is 5. The Bertz CT molecular complexity index is 1170. The number of carbonyl (C=O) groups is 2. The minimum absolute atomic E-state index is 0.0234. The van der Waals surface area contributed by atoms with Crippen molar-refractivity contribution in [3.05, 3.63) is 59.7 Å². The molecule has 3 aromatic rings. The molecule has 8 heteroatoms. The topological polar surface area (TPSA) is 104 Å². The average Bonchev–Trinajstić information content (AvgIpc) is 3.35. The van der Waals surface area contributed by atoms with Crippen LogP contribution in [-0.4, -0.2) is 38.6 Å². The predicted octanol–water partition coefficient (Wildman–Crippen LogP) is 2.12. The van der Waals surface area contributed by atoms with Crippen molar-refractivity contribution in [2.75, 3.05) is 6.54 Å². The van der Waals surface area contributed by atoms with Gasteiger partial charge in [0.15, 0.2) is 0 Å². The van der Waals surface area contributed by atoms with Gasteiger partial charge in [-0.15, -0.1) is 0 Å². The molecule has 0 radical (unpaired) electrons. The Morgan fingerprint density at radius 1 is 1.33 bits per heavy atom. The molecule has 1 aliphatic carbocycles. The van der Waals surface area contributed by atoms with Crippen LogP contribution in [0.1, 0.15) is 46.7 Å². The monoisotopic (exact) mass is 404 g/mol. The van der Waals surface area contributed by atoms with Gasteiger partial charge in [0.1, 0.15) is 11.8 Å². The van der Waals surface area contributed by atoms with Gasteiger partial charge in [-0.2, -0.15) is 10.4 Å². The van der Waals surface area contributed by atoms with Gasteiger partial charge in [0.25, 0.3) is 11.8 Å². The number of pyridine rings is 1. The Morgan fingerprint density at radius 2 is 2.13 bits per heavy atom. The number of fused-ring (bicyclic) bond motifs is 1. The van der Waals surface area contributed by atoms with Crippen LogP contribution in [0.4, 0.5) is 0 Å². The van der Waals surface area contributed by atoms with Gasteiger partial charge in [0, 0.05) is 32.0 Å². The first-order valence-electron chi connectivity index (χ1n) is 9.89. The molecule has 1 saturated carbocycles. The molecule has 0 bridgehead atoms. The van der Waals surface area contributed by atoms with E-state index in [1.54, 1.807) is 46.7 Å². The molecule has 2 amide bonds. The van der Waals surface area contributed by atoms with Crippen molar-refractivity contribution >= 4 is 17.3 Å². The third-order valence-electron chi connectivity index (χ3n) is 6.33. The van der Waals surface area contributed by atoms with E-state index in [0.717, 1.165) is 11.9 Å². The Hall–Kier alpha value is -3.60. The predicted molar refractivity (Wildman–Crippen MR) is 111 cm³/mol. The van der Waals surface area contributed by atoms with E-state index in [0.29, 0.717) is 23.4 Å². The summed E-state index contributed by atoms with van der Waals surface area (Å²) in [6, 6.07) is 9.07. The van der Waals surface area contributed by atoms with Crippen LogP contribution < -0.4 is 10.6 Å². The summed E-state index contributed by atoms with van der Waals surface area (Å²) in [5.74, 6) is -0.0718. The Balaban J connectivity index is 1.36. The molecule has 154 valence electrons. The molecule has 3 aromatic heterocycles. The maximum atomic E-state index is 12.8.